The topological polar surface area (TPSA) is 46.2 Å². The monoisotopic (exact) mass is 253 g/mol. The Morgan fingerprint density at radius 3 is 2.71 bits per heavy atom. The summed E-state index contributed by atoms with van der Waals surface area (Å²) in [5.41, 5.74) is 0.927. The van der Waals surface area contributed by atoms with Crippen LogP contribution in [0.25, 0.3) is 0 Å². The molecule has 0 bridgehead atoms. The first-order valence-corrected chi connectivity index (χ1v) is 7.54. The van der Waals surface area contributed by atoms with Crippen molar-refractivity contribution >= 4 is 9.84 Å². The van der Waals surface area contributed by atoms with Gasteiger partial charge in [-0.3, -0.25) is 0 Å². The number of hydrogen-bond acceptors (Lipinski definition) is 3. The van der Waals surface area contributed by atoms with Crippen LogP contribution in [-0.4, -0.2) is 21.2 Å². The lowest BCUT2D eigenvalue weighted by atomic mass is 10.1. The maximum Gasteiger partial charge on any atom is 0.175 e. The van der Waals surface area contributed by atoms with Crippen LogP contribution in [0.4, 0.5) is 0 Å². The molecule has 0 aliphatic carbocycles. The van der Waals surface area contributed by atoms with Crippen LogP contribution in [-0.2, 0) is 9.84 Å². The standard InChI is InChI=1S/C13H19NO2S/c1-4-9-14-13(5-2)11-7-6-8-12(10-11)17(3,15)16/h5-8,10,13-14H,2,4,9H2,1,3H3. The largest absolute Gasteiger partial charge is 0.307 e. The van der Waals surface area contributed by atoms with Crippen LogP contribution in [0.3, 0.4) is 0 Å². The fourth-order valence-corrected chi connectivity index (χ4v) is 2.25. The van der Waals surface area contributed by atoms with Crippen molar-refractivity contribution in [1.29, 1.82) is 0 Å². The zero-order chi connectivity index (χ0) is 12.9. The molecule has 1 unspecified atom stereocenters. The second-order valence-electron chi connectivity index (χ2n) is 4.01. The van der Waals surface area contributed by atoms with E-state index < -0.39 is 9.84 Å². The SMILES string of the molecule is C=CC(NCCC)c1cccc(S(C)(=O)=O)c1. The number of nitrogens with one attached hydrogen (secondary N) is 1. The molecule has 0 aliphatic heterocycles. The van der Waals surface area contributed by atoms with Crippen molar-refractivity contribution in [3.8, 4) is 0 Å². The molecule has 1 atom stereocenters. The highest BCUT2D eigenvalue weighted by molar-refractivity contribution is 7.90. The third-order valence-corrected chi connectivity index (χ3v) is 3.61. The Bertz CT molecular complexity index is 480. The lowest BCUT2D eigenvalue weighted by Gasteiger charge is -2.15. The molecule has 0 heterocycles. The molecule has 0 saturated carbocycles. The highest BCUT2D eigenvalue weighted by Gasteiger charge is 2.11. The lowest BCUT2D eigenvalue weighted by Crippen LogP contribution is -2.20. The quantitative estimate of drug-likeness (QED) is 0.791. The Hall–Kier alpha value is -1.13. The zero-order valence-electron chi connectivity index (χ0n) is 10.3. The Balaban J connectivity index is 3.01. The summed E-state index contributed by atoms with van der Waals surface area (Å²) in [6, 6.07) is 6.97. The van der Waals surface area contributed by atoms with Gasteiger partial charge in [0.25, 0.3) is 0 Å². The van der Waals surface area contributed by atoms with Gasteiger partial charge in [0.1, 0.15) is 0 Å². The van der Waals surface area contributed by atoms with Crippen LogP contribution < -0.4 is 5.32 Å². The van der Waals surface area contributed by atoms with Gasteiger partial charge in [0, 0.05) is 6.26 Å². The van der Waals surface area contributed by atoms with Crippen LogP contribution in [0.5, 0.6) is 0 Å². The number of hydrogen-bond donors (Lipinski definition) is 1. The van der Waals surface area contributed by atoms with E-state index in [9.17, 15) is 8.42 Å². The Morgan fingerprint density at radius 2 is 2.18 bits per heavy atom. The minimum atomic E-state index is -3.15. The van der Waals surface area contributed by atoms with E-state index in [0.717, 1.165) is 18.5 Å². The summed E-state index contributed by atoms with van der Waals surface area (Å²) >= 11 is 0. The number of benzene rings is 1. The van der Waals surface area contributed by atoms with E-state index in [2.05, 4.69) is 18.8 Å². The van der Waals surface area contributed by atoms with Crippen molar-refractivity contribution in [2.45, 2.75) is 24.3 Å². The summed E-state index contributed by atoms with van der Waals surface area (Å²) < 4.78 is 22.9. The Kier molecular flexibility index (Phi) is 4.90. The lowest BCUT2D eigenvalue weighted by molar-refractivity contribution is 0.599. The summed E-state index contributed by atoms with van der Waals surface area (Å²) in [6.45, 7) is 6.73. The molecule has 3 nitrogen and oxygen atoms in total. The third kappa shape index (κ3) is 3.98. The third-order valence-electron chi connectivity index (χ3n) is 2.50. The van der Waals surface area contributed by atoms with E-state index in [1.54, 1.807) is 24.3 Å². The van der Waals surface area contributed by atoms with Gasteiger partial charge in [-0.15, -0.1) is 6.58 Å². The maximum absolute atomic E-state index is 11.5. The molecule has 1 aromatic rings. The molecular formula is C13H19NO2S. The number of rotatable bonds is 6. The van der Waals surface area contributed by atoms with Crippen LogP contribution >= 0.6 is 0 Å². The summed E-state index contributed by atoms with van der Waals surface area (Å²) in [5.74, 6) is 0. The summed E-state index contributed by atoms with van der Waals surface area (Å²) in [4.78, 5) is 0.347. The van der Waals surface area contributed by atoms with Crippen LogP contribution in [0, 0.1) is 0 Å². The summed E-state index contributed by atoms with van der Waals surface area (Å²) in [6.07, 6.45) is 4.03. The summed E-state index contributed by atoms with van der Waals surface area (Å²) in [7, 11) is -3.15. The van der Waals surface area contributed by atoms with Gasteiger partial charge < -0.3 is 5.32 Å². The molecule has 1 N–H and O–H groups in total. The van der Waals surface area contributed by atoms with Gasteiger partial charge >= 0.3 is 0 Å². The number of sulfone groups is 1. The Morgan fingerprint density at radius 1 is 1.47 bits per heavy atom. The minimum absolute atomic E-state index is 0.00310. The highest BCUT2D eigenvalue weighted by atomic mass is 32.2. The van der Waals surface area contributed by atoms with Crippen LogP contribution in [0.2, 0.25) is 0 Å². The van der Waals surface area contributed by atoms with Crippen molar-refractivity contribution in [2.75, 3.05) is 12.8 Å². The van der Waals surface area contributed by atoms with E-state index in [0.29, 0.717) is 4.90 Å². The van der Waals surface area contributed by atoms with Crippen molar-refractivity contribution in [3.63, 3.8) is 0 Å². The molecule has 0 aliphatic rings. The highest BCUT2D eigenvalue weighted by Crippen LogP contribution is 2.18. The first-order chi connectivity index (χ1) is 7.99. The molecule has 1 rings (SSSR count). The van der Waals surface area contributed by atoms with E-state index in [1.165, 1.54) is 6.26 Å². The van der Waals surface area contributed by atoms with E-state index in [-0.39, 0.29) is 6.04 Å². The maximum atomic E-state index is 11.5. The fourth-order valence-electron chi connectivity index (χ4n) is 1.58. The second kappa shape index (κ2) is 5.98. The van der Waals surface area contributed by atoms with Crippen molar-refractivity contribution in [2.24, 2.45) is 0 Å². The Labute approximate surface area is 103 Å². The molecule has 4 heteroatoms. The van der Waals surface area contributed by atoms with Crippen molar-refractivity contribution < 1.29 is 8.42 Å². The van der Waals surface area contributed by atoms with Gasteiger partial charge in [0.15, 0.2) is 9.84 Å². The van der Waals surface area contributed by atoms with Gasteiger partial charge in [-0.1, -0.05) is 25.1 Å². The van der Waals surface area contributed by atoms with Gasteiger partial charge in [-0.05, 0) is 30.7 Å². The van der Waals surface area contributed by atoms with E-state index >= 15 is 0 Å². The van der Waals surface area contributed by atoms with Gasteiger partial charge in [-0.25, -0.2) is 8.42 Å². The normalized spacial score (nSPS) is 13.3. The zero-order valence-corrected chi connectivity index (χ0v) is 11.1. The van der Waals surface area contributed by atoms with Crippen molar-refractivity contribution in [1.82, 2.24) is 5.32 Å². The van der Waals surface area contributed by atoms with Crippen LogP contribution in [0.1, 0.15) is 24.9 Å². The van der Waals surface area contributed by atoms with E-state index in [4.69, 9.17) is 0 Å². The average molecular weight is 253 g/mol. The first-order valence-electron chi connectivity index (χ1n) is 5.65. The van der Waals surface area contributed by atoms with Gasteiger partial charge in [-0.2, -0.15) is 0 Å². The molecule has 0 amide bonds. The molecular weight excluding hydrogens is 234 g/mol. The predicted molar refractivity (Wildman–Crippen MR) is 70.8 cm³/mol. The molecule has 1 aromatic carbocycles. The smallest absolute Gasteiger partial charge is 0.175 e. The molecule has 0 radical (unpaired) electrons. The van der Waals surface area contributed by atoms with E-state index in [1.807, 2.05) is 6.07 Å². The molecule has 0 saturated heterocycles. The van der Waals surface area contributed by atoms with Crippen molar-refractivity contribution in [3.05, 3.63) is 42.5 Å². The van der Waals surface area contributed by atoms with Gasteiger partial charge in [0.2, 0.25) is 0 Å². The minimum Gasteiger partial charge on any atom is -0.307 e. The van der Waals surface area contributed by atoms with Gasteiger partial charge in [0.05, 0.1) is 10.9 Å². The molecule has 94 valence electrons. The molecule has 0 spiro atoms. The first kappa shape index (κ1) is 13.9. The predicted octanol–water partition coefficient (Wildman–Crippen LogP) is 2.32. The average Bonchev–Trinajstić information content (AvgIpc) is 2.29. The molecule has 17 heavy (non-hydrogen) atoms. The molecule has 0 fully saturated rings. The second-order valence-corrected chi connectivity index (χ2v) is 6.03. The fraction of sp³-hybridized carbons (Fsp3) is 0.385. The molecule has 0 aromatic heterocycles. The van der Waals surface area contributed by atoms with Crippen LogP contribution in [0.15, 0.2) is 41.8 Å². The summed E-state index contributed by atoms with van der Waals surface area (Å²) in [5, 5.41) is 3.30.